The van der Waals surface area contributed by atoms with Crippen molar-refractivity contribution >= 4 is 29.0 Å². The van der Waals surface area contributed by atoms with Crippen molar-refractivity contribution < 1.29 is 0 Å². The predicted octanol–water partition coefficient (Wildman–Crippen LogP) is 3.14. The molecule has 2 rings (SSSR count). The molecule has 0 aliphatic carbocycles. The topological polar surface area (TPSA) is 53.1 Å². The van der Waals surface area contributed by atoms with Crippen molar-refractivity contribution in [3.63, 3.8) is 0 Å². The molecule has 1 fully saturated rings. The molecule has 0 spiro atoms. The van der Waals surface area contributed by atoms with E-state index in [1.807, 2.05) is 18.2 Å². The number of nitrogens with zero attached hydrogens (tertiary/aromatic N) is 1. The van der Waals surface area contributed by atoms with Crippen molar-refractivity contribution in [1.29, 1.82) is 5.41 Å². The Morgan fingerprint density at radius 3 is 2.67 bits per heavy atom. The van der Waals surface area contributed by atoms with E-state index in [4.69, 9.17) is 34.3 Å². The lowest BCUT2D eigenvalue weighted by Crippen LogP contribution is -2.40. The van der Waals surface area contributed by atoms with Crippen molar-refractivity contribution in [3.8, 4) is 0 Å². The number of piperidine rings is 1. The molecule has 3 nitrogen and oxygen atoms in total. The molecule has 3 N–H and O–H groups in total. The summed E-state index contributed by atoms with van der Waals surface area (Å²) in [4.78, 5) is 2.27. The molecule has 1 aliphatic heterocycles. The molecule has 1 aromatic carbocycles. The van der Waals surface area contributed by atoms with Gasteiger partial charge in [-0.1, -0.05) is 29.3 Å². The number of amidine groups is 1. The highest BCUT2D eigenvalue weighted by molar-refractivity contribution is 6.35. The monoisotopic (exact) mass is 285 g/mol. The smallest absolute Gasteiger partial charge is 0.0949 e. The second kappa shape index (κ2) is 5.91. The van der Waals surface area contributed by atoms with Gasteiger partial charge in [0, 0.05) is 34.6 Å². The van der Waals surface area contributed by atoms with Gasteiger partial charge in [-0.05, 0) is 31.5 Å². The molecule has 1 aromatic rings. The lowest BCUT2D eigenvalue weighted by Gasteiger charge is -2.32. The van der Waals surface area contributed by atoms with Crippen LogP contribution in [0.1, 0.15) is 18.4 Å². The summed E-state index contributed by atoms with van der Waals surface area (Å²) in [6, 6.07) is 5.56. The molecule has 0 amide bonds. The molecule has 98 valence electrons. The molecule has 1 heterocycles. The van der Waals surface area contributed by atoms with Crippen LogP contribution in [0.15, 0.2) is 18.2 Å². The minimum Gasteiger partial charge on any atom is -0.387 e. The van der Waals surface area contributed by atoms with Gasteiger partial charge in [0.2, 0.25) is 0 Å². The summed E-state index contributed by atoms with van der Waals surface area (Å²) in [6.07, 6.45) is 2.06. The normalized spacial score (nSPS) is 20.9. The summed E-state index contributed by atoms with van der Waals surface area (Å²) < 4.78 is 0. The average molecular weight is 286 g/mol. The Balaban J connectivity index is 2.07. The van der Waals surface area contributed by atoms with E-state index in [1.54, 1.807) is 0 Å². The van der Waals surface area contributed by atoms with Crippen molar-refractivity contribution in [2.75, 3.05) is 13.1 Å². The van der Waals surface area contributed by atoms with Gasteiger partial charge in [0.1, 0.15) is 0 Å². The van der Waals surface area contributed by atoms with Crippen LogP contribution in [0.5, 0.6) is 0 Å². The third-order valence-corrected chi connectivity index (χ3v) is 4.10. The average Bonchev–Trinajstić information content (AvgIpc) is 2.34. The Morgan fingerprint density at radius 1 is 1.39 bits per heavy atom. The van der Waals surface area contributed by atoms with Crippen LogP contribution >= 0.6 is 23.2 Å². The number of nitrogens with two attached hydrogens (primary N) is 1. The fourth-order valence-corrected chi connectivity index (χ4v) is 2.88. The minimum absolute atomic E-state index is 0.167. The molecular weight excluding hydrogens is 269 g/mol. The summed E-state index contributed by atoms with van der Waals surface area (Å²) >= 11 is 12.3. The molecule has 0 aromatic heterocycles. The standard InChI is InChI=1S/C13H17Cl2N3/c14-11-4-1-5-12(15)10(11)8-18-6-2-3-9(7-18)13(16)17/h1,4-5,9H,2-3,6-8H2,(H3,16,17). The number of hydrogen-bond donors (Lipinski definition) is 2. The zero-order valence-corrected chi connectivity index (χ0v) is 11.6. The maximum atomic E-state index is 7.54. The Bertz CT molecular complexity index is 428. The van der Waals surface area contributed by atoms with Gasteiger partial charge in [-0.25, -0.2) is 0 Å². The van der Waals surface area contributed by atoms with Crippen LogP contribution in [0.3, 0.4) is 0 Å². The first kappa shape index (κ1) is 13.7. The molecule has 0 saturated carbocycles. The van der Waals surface area contributed by atoms with Gasteiger partial charge in [-0.3, -0.25) is 10.3 Å². The van der Waals surface area contributed by atoms with E-state index >= 15 is 0 Å². The number of nitrogens with one attached hydrogen (secondary N) is 1. The summed E-state index contributed by atoms with van der Waals surface area (Å²) in [6.45, 7) is 2.55. The fraction of sp³-hybridized carbons (Fsp3) is 0.462. The Morgan fingerprint density at radius 2 is 2.06 bits per heavy atom. The zero-order chi connectivity index (χ0) is 13.1. The van der Waals surface area contributed by atoms with Crippen molar-refractivity contribution in [3.05, 3.63) is 33.8 Å². The highest BCUT2D eigenvalue weighted by Crippen LogP contribution is 2.27. The summed E-state index contributed by atoms with van der Waals surface area (Å²) in [7, 11) is 0. The lowest BCUT2D eigenvalue weighted by molar-refractivity contribution is 0.196. The summed E-state index contributed by atoms with van der Waals surface area (Å²) in [5.41, 5.74) is 6.55. The van der Waals surface area contributed by atoms with Crippen LogP contribution in [-0.2, 0) is 6.54 Å². The molecular formula is C13H17Cl2N3. The quantitative estimate of drug-likeness (QED) is 0.662. The Kier molecular flexibility index (Phi) is 4.49. The van der Waals surface area contributed by atoms with E-state index in [1.165, 1.54) is 0 Å². The van der Waals surface area contributed by atoms with Crippen molar-refractivity contribution in [2.45, 2.75) is 19.4 Å². The van der Waals surface area contributed by atoms with Gasteiger partial charge < -0.3 is 5.73 Å². The van der Waals surface area contributed by atoms with E-state index in [0.717, 1.165) is 38.0 Å². The second-order valence-electron chi connectivity index (χ2n) is 4.73. The SMILES string of the molecule is N=C(N)C1CCCN(Cc2c(Cl)cccc2Cl)C1. The van der Waals surface area contributed by atoms with E-state index in [2.05, 4.69) is 4.90 Å². The summed E-state index contributed by atoms with van der Waals surface area (Å²) in [5.74, 6) is 0.449. The molecule has 1 atom stereocenters. The second-order valence-corrected chi connectivity index (χ2v) is 5.54. The van der Waals surface area contributed by atoms with E-state index in [-0.39, 0.29) is 11.8 Å². The van der Waals surface area contributed by atoms with E-state index in [0.29, 0.717) is 10.0 Å². The first-order valence-corrected chi connectivity index (χ1v) is 6.82. The number of likely N-dealkylation sites (tertiary alicyclic amines) is 1. The molecule has 1 aliphatic rings. The molecule has 0 bridgehead atoms. The first-order chi connectivity index (χ1) is 8.58. The van der Waals surface area contributed by atoms with Gasteiger partial charge in [-0.15, -0.1) is 0 Å². The predicted molar refractivity (Wildman–Crippen MR) is 76.4 cm³/mol. The molecule has 1 saturated heterocycles. The molecule has 0 radical (unpaired) electrons. The van der Waals surface area contributed by atoms with Crippen LogP contribution in [-0.4, -0.2) is 23.8 Å². The number of benzene rings is 1. The molecule has 5 heteroatoms. The number of rotatable bonds is 3. The van der Waals surface area contributed by atoms with Crippen LogP contribution in [0.2, 0.25) is 10.0 Å². The highest BCUT2D eigenvalue weighted by atomic mass is 35.5. The maximum Gasteiger partial charge on any atom is 0.0949 e. The third-order valence-electron chi connectivity index (χ3n) is 3.39. The van der Waals surface area contributed by atoms with Crippen LogP contribution in [0.25, 0.3) is 0 Å². The van der Waals surface area contributed by atoms with Gasteiger partial charge >= 0.3 is 0 Å². The van der Waals surface area contributed by atoms with Crippen LogP contribution in [0.4, 0.5) is 0 Å². The van der Waals surface area contributed by atoms with Gasteiger partial charge in [-0.2, -0.15) is 0 Å². The van der Waals surface area contributed by atoms with Gasteiger partial charge in [0.15, 0.2) is 0 Å². The van der Waals surface area contributed by atoms with Crippen molar-refractivity contribution in [2.24, 2.45) is 11.7 Å². The van der Waals surface area contributed by atoms with E-state index < -0.39 is 0 Å². The third kappa shape index (κ3) is 3.16. The van der Waals surface area contributed by atoms with E-state index in [9.17, 15) is 0 Å². The first-order valence-electron chi connectivity index (χ1n) is 6.07. The number of halogens is 2. The summed E-state index contributed by atoms with van der Waals surface area (Å²) in [5, 5.41) is 8.94. The van der Waals surface area contributed by atoms with Gasteiger partial charge in [0.25, 0.3) is 0 Å². The van der Waals surface area contributed by atoms with Crippen LogP contribution < -0.4 is 5.73 Å². The molecule has 1 unspecified atom stereocenters. The Hall–Kier alpha value is -0.770. The largest absolute Gasteiger partial charge is 0.387 e. The fourth-order valence-electron chi connectivity index (χ4n) is 2.36. The maximum absolute atomic E-state index is 7.54. The Labute approximate surface area is 117 Å². The van der Waals surface area contributed by atoms with Crippen LogP contribution in [0, 0.1) is 11.3 Å². The lowest BCUT2D eigenvalue weighted by atomic mass is 9.96. The highest BCUT2D eigenvalue weighted by Gasteiger charge is 2.23. The van der Waals surface area contributed by atoms with Crippen molar-refractivity contribution in [1.82, 2.24) is 4.90 Å². The number of hydrogen-bond acceptors (Lipinski definition) is 2. The minimum atomic E-state index is 0.167. The zero-order valence-electron chi connectivity index (χ0n) is 10.1. The van der Waals surface area contributed by atoms with Gasteiger partial charge in [0.05, 0.1) is 5.84 Å². The molecule has 18 heavy (non-hydrogen) atoms.